The van der Waals surface area contributed by atoms with Gasteiger partial charge in [-0.25, -0.2) is 4.58 Å². The quantitative estimate of drug-likeness (QED) is 0.0123. The highest BCUT2D eigenvalue weighted by molar-refractivity contribution is 6.17. The molecule has 4 aliphatic rings. The molecule has 0 bridgehead atoms. The maximum absolute atomic E-state index is 14.0. The topological polar surface area (TPSA) is 240 Å². The highest BCUT2D eigenvalue weighted by Crippen LogP contribution is 2.43. The van der Waals surface area contributed by atoms with E-state index in [-0.39, 0.29) is 63.0 Å². The average molecular weight is 1190 g/mol. The van der Waals surface area contributed by atoms with Crippen molar-refractivity contribution in [2.24, 2.45) is 5.92 Å². The molecule has 0 aromatic heterocycles. The van der Waals surface area contributed by atoms with E-state index in [1.165, 1.54) is 38.4 Å². The van der Waals surface area contributed by atoms with Gasteiger partial charge in [-0.15, -0.1) is 11.6 Å². The standard InChI is InChI=1S/C63H73ClN6O15/c1-5-67(39-57(71)78-2)52-22-16-44(34-56(52)84-32-31-83-53-14-9-8-13-51(53)70(40-58(72)79-3)41-59(73)80-4)66-62(75)43-37-69(38-43)46-18-21-49-55(36-46)85-54-35-45(68-25-12-26-68)17-20-48(54)60(49)50-33-42(15-19-47(50)63(76)77)61(74)65-24-28-82-30-29-81-27-11-7-6-10-23-64/h8-9,13-22,33-36,43H,5-7,10-12,23-32,37-41H2,1-4H3,(H2-,65,66,74,75,76,77). The molecule has 3 aliphatic heterocycles. The summed E-state index contributed by atoms with van der Waals surface area (Å²) >= 11 is 5.75. The Morgan fingerprint density at radius 1 is 0.694 bits per heavy atom. The molecule has 0 saturated carbocycles. The van der Waals surface area contributed by atoms with Gasteiger partial charge in [-0.3, -0.25) is 24.0 Å². The maximum atomic E-state index is 14.0. The van der Waals surface area contributed by atoms with Crippen LogP contribution >= 0.6 is 11.6 Å². The number of carboxylic acids is 1. The summed E-state index contributed by atoms with van der Waals surface area (Å²) in [6, 6.07) is 28.0. The van der Waals surface area contributed by atoms with Crippen LogP contribution in [0.4, 0.5) is 22.7 Å². The Morgan fingerprint density at radius 2 is 1.38 bits per heavy atom. The number of nitrogens with zero attached hydrogens (tertiary/aromatic N) is 4. The summed E-state index contributed by atoms with van der Waals surface area (Å²) in [5.74, 6) is -2.16. The fourth-order valence-electron chi connectivity index (χ4n) is 9.98. The number of likely N-dealkylation sites (N-methyl/N-ethyl adjacent to an activating group) is 1. The second-order valence-corrected chi connectivity index (χ2v) is 20.7. The molecule has 0 spiro atoms. The van der Waals surface area contributed by atoms with Gasteiger partial charge in [-0.1, -0.05) is 31.0 Å². The maximum Gasteiger partial charge on any atom is 0.325 e. The van der Waals surface area contributed by atoms with Crippen LogP contribution in [0.3, 0.4) is 0 Å². The Hall–Kier alpha value is -8.40. The van der Waals surface area contributed by atoms with Crippen LogP contribution in [-0.4, -0.2) is 161 Å². The van der Waals surface area contributed by atoms with Crippen LogP contribution in [0.5, 0.6) is 11.5 Å². The number of aromatic carboxylic acids is 1. The van der Waals surface area contributed by atoms with Crippen molar-refractivity contribution in [1.82, 2.24) is 9.89 Å². The number of benzene rings is 5. The van der Waals surface area contributed by atoms with Crippen LogP contribution < -0.4 is 49.8 Å². The normalized spacial score (nSPS) is 13.5. The molecule has 4 aromatic rings. The Labute approximate surface area is 498 Å². The van der Waals surface area contributed by atoms with Crippen LogP contribution in [0.25, 0.3) is 33.4 Å². The Morgan fingerprint density at radius 3 is 2.06 bits per heavy atom. The van der Waals surface area contributed by atoms with E-state index in [0.717, 1.165) is 56.2 Å². The van der Waals surface area contributed by atoms with Crippen molar-refractivity contribution in [2.45, 2.75) is 39.0 Å². The first kappa shape index (κ1) is 62.6. The summed E-state index contributed by atoms with van der Waals surface area (Å²) in [4.78, 5) is 83.1. The molecule has 85 heavy (non-hydrogen) atoms. The van der Waals surface area contributed by atoms with Crippen molar-refractivity contribution in [3.63, 3.8) is 0 Å². The van der Waals surface area contributed by atoms with Crippen LogP contribution in [0.15, 0.2) is 101 Å². The molecule has 2 amide bonds. The van der Waals surface area contributed by atoms with Gasteiger partial charge >= 0.3 is 17.9 Å². The minimum atomic E-state index is -1.40. The lowest BCUT2D eigenvalue weighted by molar-refractivity contribution is -0.255. The predicted octanol–water partition coefficient (Wildman–Crippen LogP) is 5.99. The number of methoxy groups -OCH3 is 3. The summed E-state index contributed by atoms with van der Waals surface area (Å²) in [5.41, 5.74) is 4.58. The second kappa shape index (κ2) is 30.9. The minimum Gasteiger partial charge on any atom is -0.545 e. The number of rotatable bonds is 32. The van der Waals surface area contributed by atoms with Crippen molar-refractivity contribution in [3.8, 4) is 33.9 Å². The summed E-state index contributed by atoms with van der Waals surface area (Å²) in [6.45, 7) is 6.31. The number of nitrogens with one attached hydrogen (secondary N) is 2. The minimum absolute atomic E-state index is 0.0152. The number of esters is 3. The number of fused-ring (bicyclic) bond motifs is 2. The number of hydrogen-bond acceptors (Lipinski definition) is 18. The number of carboxylic acid groups (broad SMARTS) is 1. The molecule has 0 atom stereocenters. The summed E-state index contributed by atoms with van der Waals surface area (Å²) in [7, 11) is 3.82. The number of hydrogen-bond donors (Lipinski definition) is 2. The molecule has 0 radical (unpaired) electrons. The second-order valence-electron chi connectivity index (χ2n) is 20.3. The van der Waals surface area contributed by atoms with Gasteiger partial charge < -0.3 is 72.8 Å². The fraction of sp³-hybridized carbons (Fsp3) is 0.413. The summed E-state index contributed by atoms with van der Waals surface area (Å²) in [5, 5.41) is 20.2. The van der Waals surface area contributed by atoms with Gasteiger partial charge in [0.15, 0.2) is 19.0 Å². The predicted molar refractivity (Wildman–Crippen MR) is 320 cm³/mol. The van der Waals surface area contributed by atoms with Crippen molar-refractivity contribution >= 4 is 81.0 Å². The van der Waals surface area contributed by atoms with Crippen molar-refractivity contribution in [3.05, 3.63) is 114 Å². The molecule has 22 heteroatoms. The zero-order chi connectivity index (χ0) is 60.2. The largest absolute Gasteiger partial charge is 0.545 e. The number of anilines is 4. The van der Waals surface area contributed by atoms with Gasteiger partial charge in [0.2, 0.25) is 11.3 Å². The summed E-state index contributed by atoms with van der Waals surface area (Å²) < 4.78 is 47.2. The molecule has 1 aliphatic carbocycles. The number of amides is 2. The molecule has 2 N–H and O–H groups in total. The zero-order valence-corrected chi connectivity index (χ0v) is 49.2. The van der Waals surface area contributed by atoms with Gasteiger partial charge in [0.05, 0.1) is 64.6 Å². The number of carbonyl (C=O) groups excluding carboxylic acids is 6. The van der Waals surface area contributed by atoms with Crippen LogP contribution in [-0.2, 0) is 42.9 Å². The lowest BCUT2D eigenvalue weighted by atomic mass is 9.89. The number of carbonyl (C=O) groups is 6. The van der Waals surface area contributed by atoms with Crippen molar-refractivity contribution in [1.29, 1.82) is 0 Å². The van der Waals surface area contributed by atoms with E-state index in [1.54, 1.807) is 53.4 Å². The highest BCUT2D eigenvalue weighted by atomic mass is 35.5. The Kier molecular flexibility index (Phi) is 22.8. The first-order chi connectivity index (χ1) is 41.3. The first-order valence-corrected chi connectivity index (χ1v) is 29.0. The van der Waals surface area contributed by atoms with E-state index in [1.807, 2.05) is 47.9 Å². The van der Waals surface area contributed by atoms with E-state index in [9.17, 15) is 33.9 Å². The number of ether oxygens (including phenoxy) is 7. The molecule has 0 unspecified atom stereocenters. The van der Waals surface area contributed by atoms with E-state index >= 15 is 0 Å². The van der Waals surface area contributed by atoms with E-state index in [0.29, 0.717) is 107 Å². The van der Waals surface area contributed by atoms with E-state index < -0.39 is 35.7 Å². The van der Waals surface area contributed by atoms with Crippen LogP contribution in [0.1, 0.15) is 59.7 Å². The number of halogens is 1. The van der Waals surface area contributed by atoms with Gasteiger partial charge in [-0.05, 0) is 86.3 Å². The molecule has 3 heterocycles. The van der Waals surface area contributed by atoms with Gasteiger partial charge in [-0.2, -0.15) is 0 Å². The molecule has 4 aromatic carbocycles. The van der Waals surface area contributed by atoms with E-state index in [4.69, 9.17) is 49.2 Å². The fourth-order valence-corrected chi connectivity index (χ4v) is 10.2. The molecule has 21 nitrogen and oxygen atoms in total. The van der Waals surface area contributed by atoms with Crippen LogP contribution in [0.2, 0.25) is 0 Å². The third-order valence-corrected chi connectivity index (χ3v) is 15.0. The third kappa shape index (κ3) is 16.5. The summed E-state index contributed by atoms with van der Waals surface area (Å²) in [6.07, 6.45) is 5.17. The average Bonchev–Trinajstić information content (AvgIpc) is 2.25. The van der Waals surface area contributed by atoms with Gasteiger partial charge in [0.1, 0.15) is 55.7 Å². The molecule has 2 saturated heterocycles. The van der Waals surface area contributed by atoms with Crippen molar-refractivity contribution in [2.75, 3.05) is 146 Å². The number of unbranched alkanes of at least 4 members (excludes halogenated alkanes) is 3. The van der Waals surface area contributed by atoms with E-state index in [2.05, 4.69) is 15.5 Å². The highest BCUT2D eigenvalue weighted by Gasteiger charge is 2.38. The Balaban J connectivity index is 0.985. The number of para-hydroxylation sites is 2. The Bertz CT molecular complexity index is 3340. The first-order valence-electron chi connectivity index (χ1n) is 28.5. The molecule has 452 valence electrons. The SMILES string of the molecule is CCN(CC(=O)OC)c1ccc(NC(=O)C2C[N+](=c3ccc4c(-c5cc(C(=O)NCCOCCOCCCCCCCl)ccc5C(=O)[O-])c5ccc(N6CCC6)cc5oc-4c3)C2)cc1OCCOc1ccccc1N(CC(=O)OC)CC(=O)OC. The van der Waals surface area contributed by atoms with Gasteiger partial charge in [0.25, 0.3) is 5.91 Å². The lowest BCUT2D eigenvalue weighted by Gasteiger charge is -2.33. The molecule has 2 fully saturated rings. The van der Waals surface area contributed by atoms with Gasteiger partial charge in [0, 0.05) is 95.9 Å². The smallest absolute Gasteiger partial charge is 0.325 e. The lowest BCUT2D eigenvalue weighted by Crippen LogP contribution is -2.53. The van der Waals surface area contributed by atoms with Crippen molar-refractivity contribution < 1.29 is 71.4 Å². The number of alkyl halides is 1. The zero-order valence-electron chi connectivity index (χ0n) is 48.5. The van der Waals surface area contributed by atoms with Crippen LogP contribution in [0, 0.1) is 5.92 Å². The monoisotopic (exact) mass is 1190 g/mol. The molecular formula is C63H73ClN6O15. The third-order valence-electron chi connectivity index (χ3n) is 14.8. The molecular weight excluding hydrogens is 1120 g/mol. The molecule has 8 rings (SSSR count).